The number of rotatable bonds is 6. The van der Waals surface area contributed by atoms with Crippen molar-refractivity contribution in [1.29, 1.82) is 0 Å². The number of nitrogens with zero attached hydrogens (tertiary/aromatic N) is 2. The predicted octanol–water partition coefficient (Wildman–Crippen LogP) is 2.46. The number of hydrogen-bond acceptors (Lipinski definition) is 4. The van der Waals surface area contributed by atoms with E-state index in [2.05, 4.69) is 36.4 Å². The lowest BCUT2D eigenvalue weighted by atomic mass is 10.4. The van der Waals surface area contributed by atoms with Crippen LogP contribution in [-0.4, -0.2) is 29.5 Å². The first-order valence-corrected chi connectivity index (χ1v) is 6.51. The van der Waals surface area contributed by atoms with Crippen LogP contribution in [0.15, 0.2) is 6.20 Å². The van der Waals surface area contributed by atoms with Crippen molar-refractivity contribution in [3.63, 3.8) is 0 Å². The zero-order valence-corrected chi connectivity index (χ0v) is 10.6. The van der Waals surface area contributed by atoms with Crippen LogP contribution in [0, 0.1) is 0 Å². The third-order valence-corrected chi connectivity index (χ3v) is 3.91. The van der Waals surface area contributed by atoms with Gasteiger partial charge in [0.05, 0.1) is 5.01 Å². The fraction of sp³-hybridized carbons (Fsp3) is 0.700. The minimum atomic E-state index is 0.808. The summed E-state index contributed by atoms with van der Waals surface area (Å²) in [5.74, 6) is 0.808. The Morgan fingerprint density at radius 1 is 1.43 bits per heavy atom. The molecule has 0 saturated heterocycles. The van der Waals surface area contributed by atoms with Gasteiger partial charge in [0.25, 0.3) is 0 Å². The molecule has 0 spiro atoms. The van der Waals surface area contributed by atoms with Gasteiger partial charge in [-0.05, 0) is 13.1 Å². The second kappa shape index (κ2) is 6.43. The molecule has 0 aliphatic rings. The van der Waals surface area contributed by atoms with Crippen LogP contribution in [0.3, 0.4) is 0 Å². The highest BCUT2D eigenvalue weighted by atomic mass is 32.1. The second-order valence-corrected chi connectivity index (χ2v) is 4.67. The van der Waals surface area contributed by atoms with Crippen LogP contribution < -0.4 is 0 Å². The smallest absolute Gasteiger partial charge is 0.0940 e. The van der Waals surface area contributed by atoms with E-state index < -0.39 is 0 Å². The first-order valence-electron chi connectivity index (χ1n) is 5.06. The average molecular weight is 230 g/mol. The standard InChI is InChI=1S/C10H18N2S2/c1-3-12(4-2)6-5-10-11-7-9(8-13)14-10/h7,13H,3-6,8H2,1-2H3. The molecule has 0 aliphatic heterocycles. The molecule has 0 aliphatic carbocycles. The van der Waals surface area contributed by atoms with Crippen molar-refractivity contribution in [2.24, 2.45) is 0 Å². The van der Waals surface area contributed by atoms with E-state index in [9.17, 15) is 0 Å². The van der Waals surface area contributed by atoms with Gasteiger partial charge in [0.15, 0.2) is 0 Å². The van der Waals surface area contributed by atoms with Gasteiger partial charge in [-0.1, -0.05) is 13.8 Å². The number of hydrogen-bond donors (Lipinski definition) is 1. The summed E-state index contributed by atoms with van der Waals surface area (Å²) < 4.78 is 0. The number of thiazole rings is 1. The van der Waals surface area contributed by atoms with Crippen LogP contribution in [0.4, 0.5) is 0 Å². The molecule has 80 valence electrons. The Morgan fingerprint density at radius 3 is 2.64 bits per heavy atom. The highest BCUT2D eigenvalue weighted by Gasteiger charge is 2.03. The Morgan fingerprint density at radius 2 is 2.14 bits per heavy atom. The molecule has 2 nitrogen and oxygen atoms in total. The molecule has 0 radical (unpaired) electrons. The van der Waals surface area contributed by atoms with E-state index in [0.717, 1.165) is 31.8 Å². The van der Waals surface area contributed by atoms with Gasteiger partial charge in [0, 0.05) is 29.8 Å². The summed E-state index contributed by atoms with van der Waals surface area (Å²) in [6.07, 6.45) is 3.01. The molecule has 1 heterocycles. The maximum absolute atomic E-state index is 4.37. The molecular weight excluding hydrogens is 212 g/mol. The van der Waals surface area contributed by atoms with E-state index in [1.54, 1.807) is 11.3 Å². The molecule has 0 N–H and O–H groups in total. The molecule has 1 rings (SSSR count). The largest absolute Gasteiger partial charge is 0.303 e. The molecule has 0 saturated carbocycles. The average Bonchev–Trinajstić information content (AvgIpc) is 2.67. The molecule has 0 bridgehead atoms. The lowest BCUT2D eigenvalue weighted by molar-refractivity contribution is 0.308. The Labute approximate surface area is 95.8 Å². The summed E-state index contributed by atoms with van der Waals surface area (Å²) >= 11 is 6.01. The maximum atomic E-state index is 4.37. The topological polar surface area (TPSA) is 16.1 Å². The van der Waals surface area contributed by atoms with Crippen molar-refractivity contribution >= 4 is 24.0 Å². The summed E-state index contributed by atoms with van der Waals surface area (Å²) in [5.41, 5.74) is 0. The quantitative estimate of drug-likeness (QED) is 0.756. The van der Waals surface area contributed by atoms with Crippen molar-refractivity contribution in [2.45, 2.75) is 26.0 Å². The van der Waals surface area contributed by atoms with Crippen molar-refractivity contribution in [3.05, 3.63) is 16.1 Å². The maximum Gasteiger partial charge on any atom is 0.0940 e. The van der Waals surface area contributed by atoms with E-state index in [0.29, 0.717) is 0 Å². The summed E-state index contributed by atoms with van der Waals surface area (Å²) in [4.78, 5) is 8.06. The van der Waals surface area contributed by atoms with E-state index in [-0.39, 0.29) is 0 Å². The monoisotopic (exact) mass is 230 g/mol. The van der Waals surface area contributed by atoms with Crippen LogP contribution in [-0.2, 0) is 12.2 Å². The molecule has 1 aromatic heterocycles. The fourth-order valence-electron chi connectivity index (χ4n) is 1.33. The number of thiol groups is 1. The van der Waals surface area contributed by atoms with Crippen molar-refractivity contribution in [1.82, 2.24) is 9.88 Å². The van der Waals surface area contributed by atoms with Crippen molar-refractivity contribution in [2.75, 3.05) is 19.6 Å². The summed E-state index contributed by atoms with van der Waals surface area (Å²) in [5, 5.41) is 1.24. The third-order valence-electron chi connectivity index (χ3n) is 2.29. The Bertz CT molecular complexity index is 256. The predicted molar refractivity (Wildman–Crippen MR) is 66.3 cm³/mol. The number of aromatic nitrogens is 1. The second-order valence-electron chi connectivity index (χ2n) is 3.16. The van der Waals surface area contributed by atoms with E-state index in [1.807, 2.05) is 6.20 Å². The Balaban J connectivity index is 2.37. The number of likely N-dealkylation sites (N-methyl/N-ethyl adjacent to an activating group) is 1. The van der Waals surface area contributed by atoms with Crippen LogP contribution in [0.2, 0.25) is 0 Å². The van der Waals surface area contributed by atoms with Gasteiger partial charge in [0.2, 0.25) is 0 Å². The van der Waals surface area contributed by atoms with Gasteiger partial charge in [-0.25, -0.2) is 4.98 Å². The van der Waals surface area contributed by atoms with Crippen molar-refractivity contribution < 1.29 is 0 Å². The first kappa shape index (κ1) is 12.0. The molecule has 1 aromatic rings. The van der Waals surface area contributed by atoms with Gasteiger partial charge in [-0.15, -0.1) is 11.3 Å². The zero-order valence-electron chi connectivity index (χ0n) is 8.86. The minimum absolute atomic E-state index is 0.808. The molecule has 14 heavy (non-hydrogen) atoms. The molecule has 0 aromatic carbocycles. The van der Waals surface area contributed by atoms with Crippen LogP contribution in [0.1, 0.15) is 23.7 Å². The summed E-state index contributed by atoms with van der Waals surface area (Å²) in [7, 11) is 0. The summed E-state index contributed by atoms with van der Waals surface area (Å²) in [6.45, 7) is 7.77. The van der Waals surface area contributed by atoms with E-state index in [1.165, 1.54) is 9.88 Å². The van der Waals surface area contributed by atoms with Crippen molar-refractivity contribution in [3.8, 4) is 0 Å². The van der Waals surface area contributed by atoms with E-state index in [4.69, 9.17) is 0 Å². The zero-order chi connectivity index (χ0) is 10.4. The summed E-state index contributed by atoms with van der Waals surface area (Å²) in [6, 6.07) is 0. The highest BCUT2D eigenvalue weighted by Crippen LogP contribution is 2.15. The highest BCUT2D eigenvalue weighted by molar-refractivity contribution is 7.79. The van der Waals surface area contributed by atoms with E-state index >= 15 is 0 Å². The first-order chi connectivity index (χ1) is 6.80. The minimum Gasteiger partial charge on any atom is -0.303 e. The van der Waals surface area contributed by atoms with Crippen LogP contribution in [0.5, 0.6) is 0 Å². The van der Waals surface area contributed by atoms with Crippen LogP contribution in [0.25, 0.3) is 0 Å². The molecule has 0 unspecified atom stereocenters. The molecule has 0 amide bonds. The normalized spacial score (nSPS) is 11.1. The Kier molecular flexibility index (Phi) is 5.52. The lowest BCUT2D eigenvalue weighted by Crippen LogP contribution is -2.25. The lowest BCUT2D eigenvalue weighted by Gasteiger charge is -2.16. The van der Waals surface area contributed by atoms with Gasteiger partial charge in [-0.2, -0.15) is 12.6 Å². The van der Waals surface area contributed by atoms with Crippen LogP contribution >= 0.6 is 24.0 Å². The van der Waals surface area contributed by atoms with Gasteiger partial charge >= 0.3 is 0 Å². The molecule has 4 heteroatoms. The molecular formula is C10H18N2S2. The third kappa shape index (κ3) is 3.59. The van der Waals surface area contributed by atoms with Gasteiger partial charge in [-0.3, -0.25) is 0 Å². The fourth-order valence-corrected chi connectivity index (χ4v) is 2.38. The SMILES string of the molecule is CCN(CC)CCc1ncc(CS)s1. The van der Waals surface area contributed by atoms with Gasteiger partial charge < -0.3 is 4.90 Å². The Hall–Kier alpha value is -0.0600. The molecule has 0 atom stereocenters. The molecule has 0 fully saturated rings. The van der Waals surface area contributed by atoms with Gasteiger partial charge in [0.1, 0.15) is 0 Å².